The second-order valence-electron chi connectivity index (χ2n) is 7.94. The number of amides is 1. The molecule has 1 aromatic rings. The normalized spacial score (nSPS) is 25.2. The second-order valence-corrected chi connectivity index (χ2v) is 9.92. The van der Waals surface area contributed by atoms with Crippen molar-refractivity contribution in [3.05, 3.63) is 35.9 Å². The molecule has 1 N–H and O–H groups in total. The minimum atomic E-state index is -4.66. The number of nitrogens with zero attached hydrogens (tertiary/aromatic N) is 2. The van der Waals surface area contributed by atoms with Gasteiger partial charge < -0.3 is 5.32 Å². The number of sulfonamides is 1. The van der Waals surface area contributed by atoms with Crippen molar-refractivity contribution in [3.63, 3.8) is 0 Å². The predicted molar refractivity (Wildman–Crippen MR) is 102 cm³/mol. The van der Waals surface area contributed by atoms with E-state index in [2.05, 4.69) is 5.32 Å². The van der Waals surface area contributed by atoms with E-state index < -0.39 is 33.6 Å². The van der Waals surface area contributed by atoms with Gasteiger partial charge in [0, 0.05) is 32.2 Å². The maximum Gasteiger partial charge on any atom is 0.404 e. The minimum Gasteiger partial charge on any atom is -0.352 e. The van der Waals surface area contributed by atoms with E-state index in [9.17, 15) is 26.4 Å². The summed E-state index contributed by atoms with van der Waals surface area (Å²) in [6.45, 7) is 0.568. The molecule has 0 bridgehead atoms. The minimum absolute atomic E-state index is 0.189. The van der Waals surface area contributed by atoms with Crippen LogP contribution in [-0.4, -0.2) is 68.2 Å². The van der Waals surface area contributed by atoms with Crippen molar-refractivity contribution in [2.45, 2.75) is 38.0 Å². The van der Waals surface area contributed by atoms with E-state index >= 15 is 0 Å². The Morgan fingerprint density at radius 1 is 1.17 bits per heavy atom. The Balaban J connectivity index is 1.66. The van der Waals surface area contributed by atoms with E-state index in [1.165, 1.54) is 4.31 Å². The molecule has 29 heavy (non-hydrogen) atoms. The van der Waals surface area contributed by atoms with E-state index in [0.29, 0.717) is 19.4 Å². The standard InChI is InChI=1S/C19H26F3N3O3S/c1-29(27,28)25-10-7-16(8-11-25)23-17(26)18(19(20,21)22)9-12-24(14-18)13-15-5-3-2-4-6-15/h2-6,16H,7-14H2,1H3,(H,23,26). The third-order valence-electron chi connectivity index (χ3n) is 5.83. The lowest BCUT2D eigenvalue weighted by Gasteiger charge is -2.35. The molecule has 2 heterocycles. The monoisotopic (exact) mass is 433 g/mol. The first-order valence-corrected chi connectivity index (χ1v) is 11.5. The Kier molecular flexibility index (Phi) is 6.26. The van der Waals surface area contributed by atoms with Crippen molar-refractivity contribution in [1.82, 2.24) is 14.5 Å². The van der Waals surface area contributed by atoms with Crippen LogP contribution in [0.15, 0.2) is 30.3 Å². The molecule has 2 aliphatic rings. The summed E-state index contributed by atoms with van der Waals surface area (Å²) in [6.07, 6.45) is -3.22. The molecule has 6 nitrogen and oxygen atoms in total. The SMILES string of the molecule is CS(=O)(=O)N1CCC(NC(=O)C2(C(F)(F)F)CCN(Cc3ccccc3)C2)CC1. The molecule has 162 valence electrons. The van der Waals surface area contributed by atoms with E-state index in [-0.39, 0.29) is 32.6 Å². The smallest absolute Gasteiger partial charge is 0.352 e. The first kappa shape index (κ1) is 22.0. The van der Waals surface area contributed by atoms with Gasteiger partial charge in [-0.3, -0.25) is 9.69 Å². The van der Waals surface area contributed by atoms with Crippen LogP contribution in [0, 0.1) is 5.41 Å². The Morgan fingerprint density at radius 3 is 2.34 bits per heavy atom. The van der Waals surface area contributed by atoms with Crippen LogP contribution in [0.4, 0.5) is 13.2 Å². The Bertz CT molecular complexity index is 824. The number of hydrogen-bond acceptors (Lipinski definition) is 4. The van der Waals surface area contributed by atoms with E-state index in [0.717, 1.165) is 11.8 Å². The summed E-state index contributed by atoms with van der Waals surface area (Å²) in [5.41, 5.74) is -1.53. The molecule has 0 spiro atoms. The zero-order valence-corrected chi connectivity index (χ0v) is 17.1. The van der Waals surface area contributed by atoms with Crippen LogP contribution in [0.1, 0.15) is 24.8 Å². The maximum absolute atomic E-state index is 14.0. The highest BCUT2D eigenvalue weighted by Gasteiger charge is 2.63. The highest BCUT2D eigenvalue weighted by Crippen LogP contribution is 2.46. The molecule has 1 unspecified atom stereocenters. The van der Waals surface area contributed by atoms with Crippen LogP contribution in [0.2, 0.25) is 0 Å². The fraction of sp³-hybridized carbons (Fsp3) is 0.632. The number of piperidine rings is 1. The first-order chi connectivity index (χ1) is 13.5. The van der Waals surface area contributed by atoms with Gasteiger partial charge in [-0.15, -0.1) is 0 Å². The van der Waals surface area contributed by atoms with E-state index in [4.69, 9.17) is 0 Å². The van der Waals surface area contributed by atoms with E-state index in [1.807, 2.05) is 30.3 Å². The molecule has 0 saturated carbocycles. The number of benzene rings is 1. The number of carbonyl (C=O) groups excluding carboxylic acids is 1. The van der Waals surface area contributed by atoms with Gasteiger partial charge in [0.05, 0.1) is 6.26 Å². The number of nitrogens with one attached hydrogen (secondary N) is 1. The summed E-state index contributed by atoms with van der Waals surface area (Å²) in [4.78, 5) is 14.4. The number of halogens is 3. The Labute approximate surface area is 169 Å². The molecule has 10 heteroatoms. The molecule has 1 aromatic carbocycles. The van der Waals surface area contributed by atoms with Gasteiger partial charge in [0.25, 0.3) is 0 Å². The molecule has 0 radical (unpaired) electrons. The molecule has 1 atom stereocenters. The molecular formula is C19H26F3N3O3S. The van der Waals surface area contributed by atoms with Gasteiger partial charge in [-0.25, -0.2) is 12.7 Å². The quantitative estimate of drug-likeness (QED) is 0.771. The molecule has 1 amide bonds. The van der Waals surface area contributed by atoms with Crippen LogP contribution in [0.5, 0.6) is 0 Å². The second kappa shape index (κ2) is 8.23. The number of alkyl halides is 3. The van der Waals surface area contributed by atoms with Crippen LogP contribution >= 0.6 is 0 Å². The highest BCUT2D eigenvalue weighted by molar-refractivity contribution is 7.88. The molecule has 2 fully saturated rings. The summed E-state index contributed by atoms with van der Waals surface area (Å²) in [5, 5.41) is 2.56. The van der Waals surface area contributed by atoms with Crippen molar-refractivity contribution >= 4 is 15.9 Å². The number of rotatable bonds is 5. The van der Waals surface area contributed by atoms with Gasteiger partial charge in [-0.1, -0.05) is 30.3 Å². The molecule has 0 aromatic heterocycles. The van der Waals surface area contributed by atoms with Gasteiger partial charge in [0.1, 0.15) is 0 Å². The van der Waals surface area contributed by atoms with Crippen molar-refractivity contribution in [2.24, 2.45) is 5.41 Å². The third-order valence-corrected chi connectivity index (χ3v) is 7.14. The fourth-order valence-electron chi connectivity index (χ4n) is 4.07. The first-order valence-electron chi connectivity index (χ1n) is 9.60. The van der Waals surface area contributed by atoms with Crippen LogP contribution in [0.25, 0.3) is 0 Å². The molecule has 0 aliphatic carbocycles. The average molecular weight is 433 g/mol. The zero-order valence-electron chi connectivity index (χ0n) is 16.3. The van der Waals surface area contributed by atoms with Crippen molar-refractivity contribution < 1.29 is 26.4 Å². The van der Waals surface area contributed by atoms with Crippen LogP contribution in [-0.2, 0) is 21.4 Å². The molecular weight excluding hydrogens is 407 g/mol. The lowest BCUT2D eigenvalue weighted by molar-refractivity contribution is -0.218. The van der Waals surface area contributed by atoms with Crippen LogP contribution < -0.4 is 5.32 Å². The topological polar surface area (TPSA) is 69.7 Å². The summed E-state index contributed by atoms with van der Waals surface area (Å²) < 4.78 is 66.4. The van der Waals surface area contributed by atoms with Gasteiger partial charge in [-0.2, -0.15) is 13.2 Å². The average Bonchev–Trinajstić information content (AvgIpc) is 3.07. The largest absolute Gasteiger partial charge is 0.404 e. The molecule has 2 aliphatic heterocycles. The van der Waals surface area contributed by atoms with Crippen molar-refractivity contribution in [1.29, 1.82) is 0 Å². The maximum atomic E-state index is 14.0. The number of hydrogen-bond donors (Lipinski definition) is 1. The highest BCUT2D eigenvalue weighted by atomic mass is 32.2. The summed E-state index contributed by atoms with van der Waals surface area (Å²) >= 11 is 0. The predicted octanol–water partition coefficient (Wildman–Crippen LogP) is 1.98. The summed E-state index contributed by atoms with van der Waals surface area (Å²) in [7, 11) is -3.33. The van der Waals surface area contributed by atoms with Gasteiger partial charge in [0.2, 0.25) is 15.9 Å². The van der Waals surface area contributed by atoms with Gasteiger partial charge in [-0.05, 0) is 31.4 Å². The Hall–Kier alpha value is -1.65. The zero-order chi connectivity index (χ0) is 21.3. The lowest BCUT2D eigenvalue weighted by Crippen LogP contribution is -2.56. The number of carbonyl (C=O) groups is 1. The van der Waals surface area contributed by atoms with Crippen LogP contribution in [0.3, 0.4) is 0 Å². The summed E-state index contributed by atoms with van der Waals surface area (Å²) in [5.74, 6) is -1.00. The van der Waals surface area contributed by atoms with Gasteiger partial charge >= 0.3 is 6.18 Å². The molecule has 3 rings (SSSR count). The lowest BCUT2D eigenvalue weighted by atomic mass is 9.84. The van der Waals surface area contributed by atoms with Crippen molar-refractivity contribution in [3.8, 4) is 0 Å². The number of likely N-dealkylation sites (tertiary alicyclic amines) is 1. The fourth-order valence-corrected chi connectivity index (χ4v) is 4.94. The third kappa shape index (κ3) is 4.92. The van der Waals surface area contributed by atoms with E-state index in [1.54, 1.807) is 4.90 Å². The Morgan fingerprint density at radius 2 is 1.79 bits per heavy atom. The summed E-state index contributed by atoms with van der Waals surface area (Å²) in [6, 6.07) is 8.75. The van der Waals surface area contributed by atoms with Crippen molar-refractivity contribution in [2.75, 3.05) is 32.4 Å². The van der Waals surface area contributed by atoms with Gasteiger partial charge in [0.15, 0.2) is 5.41 Å². The molecule has 2 saturated heterocycles.